The van der Waals surface area contributed by atoms with Crippen LogP contribution in [-0.4, -0.2) is 24.2 Å². The Hall–Kier alpha value is -2.91. The lowest BCUT2D eigenvalue weighted by Gasteiger charge is -2.30. The predicted octanol–water partition coefficient (Wildman–Crippen LogP) is 4.78. The van der Waals surface area contributed by atoms with Crippen LogP contribution in [0.15, 0.2) is 48.5 Å². The van der Waals surface area contributed by atoms with Crippen LogP contribution < -0.4 is 4.90 Å². The number of anilines is 1. The Morgan fingerprint density at radius 2 is 1.04 bits per heavy atom. The van der Waals surface area contributed by atoms with E-state index in [2.05, 4.69) is 0 Å². The molecule has 0 spiro atoms. The van der Waals surface area contributed by atoms with Gasteiger partial charge in [0.15, 0.2) is 0 Å². The number of amides is 2. The zero-order valence-electron chi connectivity index (χ0n) is 13.0. The fourth-order valence-electron chi connectivity index (χ4n) is 2.75. The number of rotatable bonds is 2. The van der Waals surface area contributed by atoms with Crippen molar-refractivity contribution in [2.75, 3.05) is 4.90 Å². The van der Waals surface area contributed by atoms with Crippen molar-refractivity contribution in [3.63, 3.8) is 0 Å². The van der Waals surface area contributed by atoms with Gasteiger partial charge in [-0.1, -0.05) is 24.3 Å². The summed E-state index contributed by atoms with van der Waals surface area (Å²) in [7, 11) is 0. The lowest BCUT2D eigenvalue weighted by atomic mass is 9.94. The number of hydrogen-bond donors (Lipinski definition) is 0. The number of nitrogens with zero attached hydrogens (tertiary/aromatic N) is 1. The number of imide groups is 1. The molecule has 1 aliphatic rings. The van der Waals surface area contributed by atoms with E-state index in [0.717, 1.165) is 0 Å². The molecular formula is C17H8F7NO2. The lowest BCUT2D eigenvalue weighted by Crippen LogP contribution is -2.50. The topological polar surface area (TPSA) is 37.4 Å². The third kappa shape index (κ3) is 2.66. The Bertz CT molecular complexity index is 867. The van der Waals surface area contributed by atoms with Crippen molar-refractivity contribution < 1.29 is 40.3 Å². The Kier molecular flexibility index (Phi) is 4.05. The van der Waals surface area contributed by atoms with Gasteiger partial charge in [0.1, 0.15) is 0 Å². The second-order valence-corrected chi connectivity index (χ2v) is 5.69. The molecule has 0 radical (unpaired) electrons. The summed E-state index contributed by atoms with van der Waals surface area (Å²) in [5, 5.41) is 0. The maximum absolute atomic E-state index is 14.0. The fraction of sp³-hybridized carbons (Fsp3) is 0.176. The van der Waals surface area contributed by atoms with E-state index in [-0.39, 0.29) is 28.9 Å². The van der Waals surface area contributed by atoms with Gasteiger partial charge in [-0.2, -0.15) is 26.3 Å². The molecule has 0 N–H and O–H groups in total. The SMILES string of the molecule is O=C1c2ccccc2C(=O)N1c1ccc(C(F)(C(F)(F)F)C(F)(F)F)cc1. The van der Waals surface area contributed by atoms with Gasteiger partial charge in [-0.3, -0.25) is 9.59 Å². The van der Waals surface area contributed by atoms with Gasteiger partial charge >= 0.3 is 18.0 Å². The highest BCUT2D eigenvalue weighted by molar-refractivity contribution is 6.34. The highest BCUT2D eigenvalue weighted by Crippen LogP contribution is 2.53. The summed E-state index contributed by atoms with van der Waals surface area (Å²) in [6.45, 7) is 0. The van der Waals surface area contributed by atoms with Gasteiger partial charge < -0.3 is 0 Å². The average Bonchev–Trinajstić information content (AvgIpc) is 2.84. The zero-order valence-corrected chi connectivity index (χ0v) is 13.0. The molecule has 0 fully saturated rings. The second-order valence-electron chi connectivity index (χ2n) is 5.69. The van der Waals surface area contributed by atoms with E-state index in [9.17, 15) is 40.3 Å². The van der Waals surface area contributed by atoms with Crippen LogP contribution in [0.4, 0.5) is 36.4 Å². The van der Waals surface area contributed by atoms with Gasteiger partial charge in [-0.25, -0.2) is 9.29 Å². The molecule has 0 saturated carbocycles. The monoisotopic (exact) mass is 391 g/mol. The Balaban J connectivity index is 2.02. The summed E-state index contributed by atoms with van der Waals surface area (Å²) in [4.78, 5) is 25.2. The highest BCUT2D eigenvalue weighted by atomic mass is 19.4. The van der Waals surface area contributed by atoms with Crippen molar-refractivity contribution in [2.24, 2.45) is 0 Å². The van der Waals surface area contributed by atoms with Gasteiger partial charge in [0, 0.05) is 5.56 Å². The van der Waals surface area contributed by atoms with Gasteiger partial charge in [0.2, 0.25) is 0 Å². The van der Waals surface area contributed by atoms with Crippen LogP contribution in [0, 0.1) is 0 Å². The summed E-state index contributed by atoms with van der Waals surface area (Å²) in [5.74, 6) is -1.58. The molecule has 0 aliphatic carbocycles. The molecule has 1 aliphatic heterocycles. The molecule has 0 aromatic heterocycles. The van der Waals surface area contributed by atoms with Crippen LogP contribution in [0.1, 0.15) is 26.3 Å². The summed E-state index contributed by atoms with van der Waals surface area (Å²) < 4.78 is 90.7. The minimum Gasteiger partial charge on any atom is -0.268 e. The van der Waals surface area contributed by atoms with E-state index < -0.39 is 35.4 Å². The number of fused-ring (bicyclic) bond motifs is 1. The molecule has 3 rings (SSSR count). The quantitative estimate of drug-likeness (QED) is 0.546. The Morgan fingerprint density at radius 1 is 0.630 bits per heavy atom. The van der Waals surface area contributed by atoms with Crippen molar-refractivity contribution >= 4 is 17.5 Å². The number of carbonyl (C=O) groups excluding carboxylic acids is 2. The lowest BCUT2D eigenvalue weighted by molar-refractivity contribution is -0.348. The Labute approximate surface area is 147 Å². The molecule has 0 saturated heterocycles. The van der Waals surface area contributed by atoms with Gasteiger partial charge in [0.25, 0.3) is 11.8 Å². The van der Waals surface area contributed by atoms with Crippen molar-refractivity contribution in [2.45, 2.75) is 18.0 Å². The zero-order chi connectivity index (χ0) is 20.2. The third-order valence-electron chi connectivity index (χ3n) is 4.10. The maximum Gasteiger partial charge on any atom is 0.435 e. The van der Waals surface area contributed by atoms with Crippen molar-refractivity contribution in [3.8, 4) is 0 Å². The molecule has 2 aromatic carbocycles. The van der Waals surface area contributed by atoms with E-state index in [1.165, 1.54) is 24.3 Å². The normalized spacial score (nSPS) is 15.3. The molecule has 10 heteroatoms. The van der Waals surface area contributed by atoms with Crippen LogP contribution in [0.5, 0.6) is 0 Å². The molecule has 2 aromatic rings. The van der Waals surface area contributed by atoms with Crippen LogP contribution in [0.25, 0.3) is 0 Å². The second kappa shape index (κ2) is 5.80. The number of halogens is 7. The number of benzene rings is 2. The van der Waals surface area contributed by atoms with E-state index in [1.807, 2.05) is 0 Å². The minimum atomic E-state index is -6.25. The first kappa shape index (κ1) is 18.9. The average molecular weight is 391 g/mol. The van der Waals surface area contributed by atoms with Crippen molar-refractivity contribution in [1.29, 1.82) is 0 Å². The molecule has 0 bridgehead atoms. The molecule has 0 atom stereocenters. The van der Waals surface area contributed by atoms with Crippen molar-refractivity contribution in [3.05, 3.63) is 65.2 Å². The smallest absolute Gasteiger partial charge is 0.268 e. The maximum atomic E-state index is 14.0. The molecule has 3 nitrogen and oxygen atoms in total. The van der Waals surface area contributed by atoms with Gasteiger partial charge in [-0.05, 0) is 24.3 Å². The minimum absolute atomic E-state index is 0.0389. The molecule has 0 unspecified atom stereocenters. The predicted molar refractivity (Wildman–Crippen MR) is 78.9 cm³/mol. The summed E-state index contributed by atoms with van der Waals surface area (Å²) >= 11 is 0. The molecule has 1 heterocycles. The van der Waals surface area contributed by atoms with Gasteiger partial charge in [-0.15, -0.1) is 0 Å². The summed E-state index contributed by atoms with van der Waals surface area (Å²) in [6.07, 6.45) is -12.5. The highest BCUT2D eigenvalue weighted by Gasteiger charge is 2.73. The van der Waals surface area contributed by atoms with Gasteiger partial charge in [0.05, 0.1) is 16.8 Å². The van der Waals surface area contributed by atoms with Crippen LogP contribution in [0.2, 0.25) is 0 Å². The first-order valence-corrected chi connectivity index (χ1v) is 7.30. The first-order chi connectivity index (χ1) is 12.4. The number of alkyl halides is 7. The van der Waals surface area contributed by atoms with E-state index in [1.54, 1.807) is 0 Å². The number of hydrogen-bond acceptors (Lipinski definition) is 2. The molecule has 27 heavy (non-hydrogen) atoms. The summed E-state index contributed by atoms with van der Waals surface area (Å²) in [6, 6.07) is 7.49. The van der Waals surface area contributed by atoms with Crippen LogP contribution >= 0.6 is 0 Å². The standard InChI is InChI=1S/C17H8F7NO2/c18-15(16(19,20)21,17(22,23)24)9-5-7-10(8-6-9)25-13(26)11-3-1-2-4-12(11)14(25)27/h1-8H. The summed E-state index contributed by atoms with van der Waals surface area (Å²) in [5.41, 5.74) is -7.49. The van der Waals surface area contributed by atoms with Crippen LogP contribution in [-0.2, 0) is 5.67 Å². The van der Waals surface area contributed by atoms with Crippen molar-refractivity contribution in [1.82, 2.24) is 0 Å². The van der Waals surface area contributed by atoms with Crippen LogP contribution in [0.3, 0.4) is 0 Å². The first-order valence-electron chi connectivity index (χ1n) is 7.30. The number of carbonyl (C=O) groups is 2. The molecule has 142 valence electrons. The van der Waals surface area contributed by atoms with E-state index >= 15 is 0 Å². The van der Waals surface area contributed by atoms with E-state index in [4.69, 9.17) is 0 Å². The van der Waals surface area contributed by atoms with E-state index in [0.29, 0.717) is 17.0 Å². The largest absolute Gasteiger partial charge is 0.435 e. The molecule has 2 amide bonds. The molecular weight excluding hydrogens is 383 g/mol. The Morgan fingerprint density at radius 3 is 1.41 bits per heavy atom. The fourth-order valence-corrected chi connectivity index (χ4v) is 2.75. The third-order valence-corrected chi connectivity index (χ3v) is 4.10.